The molecule has 0 radical (unpaired) electrons. The van der Waals surface area contributed by atoms with Gasteiger partial charge in [0.15, 0.2) is 0 Å². The van der Waals surface area contributed by atoms with Gasteiger partial charge in [-0.15, -0.1) is 0 Å². The quantitative estimate of drug-likeness (QED) is 0.148. The lowest BCUT2D eigenvalue weighted by atomic mass is 9.53. The molecule has 320 valence electrons. The Hall–Kier alpha value is -7.42. The molecule has 4 fully saturated rings. The molecule has 0 spiro atoms. The fourth-order valence-electron chi connectivity index (χ4n) is 15.3. The minimum Gasteiger partial charge on any atom is -0.310 e. The van der Waals surface area contributed by atoms with Crippen molar-refractivity contribution in [3.05, 3.63) is 252 Å². The zero-order chi connectivity index (χ0) is 43.8. The fraction of sp³-hybridized carbons (Fsp3) is 0.169. The average Bonchev–Trinajstić information content (AvgIpc) is 4.01. The van der Waals surface area contributed by atoms with Gasteiger partial charge < -0.3 is 9.47 Å². The third-order valence-corrected chi connectivity index (χ3v) is 17.7. The van der Waals surface area contributed by atoms with Gasteiger partial charge in [0, 0.05) is 33.4 Å². The van der Waals surface area contributed by atoms with Crippen LogP contribution in [0.25, 0.3) is 49.7 Å². The third-order valence-electron chi connectivity index (χ3n) is 17.7. The normalized spacial score (nSPS) is 23.3. The molecule has 4 saturated carbocycles. The number of hydrogen-bond donors (Lipinski definition) is 0. The number of hydrogen-bond acceptors (Lipinski definition) is 1. The summed E-state index contributed by atoms with van der Waals surface area (Å²) in [7, 11) is 0. The Morgan fingerprint density at radius 3 is 1.73 bits per heavy atom. The van der Waals surface area contributed by atoms with E-state index >= 15 is 0 Å². The zero-order valence-corrected chi connectivity index (χ0v) is 37.5. The van der Waals surface area contributed by atoms with Gasteiger partial charge in [0.25, 0.3) is 0 Å². The SMILES string of the molecule is c1ccc(C2(c3ccccc3)c3ccccc3-c3ccc(N(c4ccc([C@]56CC7C[C@H]8C[C@H](C5)C8C76)cc4)c4cccc(-c5ccccc5-n5c6ccccc6c6ccccc65)c4)cc32)cc1. The van der Waals surface area contributed by atoms with Crippen LogP contribution in [0.2, 0.25) is 0 Å². The summed E-state index contributed by atoms with van der Waals surface area (Å²) in [6, 6.07) is 84.6. The second-order valence-electron chi connectivity index (χ2n) is 20.5. The Bertz CT molecular complexity index is 3490. The highest BCUT2D eigenvalue weighted by Gasteiger charge is 2.72. The molecule has 0 aliphatic heterocycles. The highest BCUT2D eigenvalue weighted by Crippen LogP contribution is 2.78. The molecule has 1 aromatic heterocycles. The van der Waals surface area contributed by atoms with E-state index in [0.717, 1.165) is 41.0 Å². The molecular formula is C65H50N2. The van der Waals surface area contributed by atoms with Crippen LogP contribution in [0, 0.1) is 29.6 Å². The van der Waals surface area contributed by atoms with Crippen molar-refractivity contribution in [3.63, 3.8) is 0 Å². The number of para-hydroxylation sites is 3. The summed E-state index contributed by atoms with van der Waals surface area (Å²) in [6.45, 7) is 0. The van der Waals surface area contributed by atoms with Gasteiger partial charge in [-0.3, -0.25) is 0 Å². The van der Waals surface area contributed by atoms with Crippen molar-refractivity contribution in [2.45, 2.75) is 36.5 Å². The Labute approximate surface area is 392 Å². The lowest BCUT2D eigenvalue weighted by molar-refractivity contribution is 0.0684. The number of anilines is 3. The van der Waals surface area contributed by atoms with Crippen molar-refractivity contribution in [2.75, 3.05) is 4.90 Å². The van der Waals surface area contributed by atoms with E-state index in [9.17, 15) is 0 Å². The molecule has 2 nitrogen and oxygen atoms in total. The zero-order valence-electron chi connectivity index (χ0n) is 37.5. The minimum atomic E-state index is -0.496. The summed E-state index contributed by atoms with van der Waals surface area (Å²) in [5.74, 6) is 4.82. The van der Waals surface area contributed by atoms with Crippen LogP contribution in [0.15, 0.2) is 224 Å². The number of benzene rings is 9. The molecule has 9 aromatic carbocycles. The molecule has 0 bridgehead atoms. The minimum absolute atomic E-state index is 0.384. The van der Waals surface area contributed by atoms with Crippen molar-refractivity contribution in [3.8, 4) is 27.9 Å². The van der Waals surface area contributed by atoms with E-state index in [1.165, 1.54) is 103 Å². The first-order valence-electron chi connectivity index (χ1n) is 24.6. The van der Waals surface area contributed by atoms with Crippen LogP contribution in [-0.2, 0) is 10.8 Å². The highest BCUT2D eigenvalue weighted by atomic mass is 15.1. The van der Waals surface area contributed by atoms with Crippen molar-refractivity contribution in [1.82, 2.24) is 4.57 Å². The molecule has 5 aliphatic rings. The van der Waals surface area contributed by atoms with Gasteiger partial charge in [-0.1, -0.05) is 170 Å². The van der Waals surface area contributed by atoms with Crippen LogP contribution in [0.1, 0.15) is 53.5 Å². The molecule has 10 aromatic rings. The molecule has 1 heterocycles. The second-order valence-corrected chi connectivity index (χ2v) is 20.5. The van der Waals surface area contributed by atoms with Crippen molar-refractivity contribution in [1.29, 1.82) is 0 Å². The van der Waals surface area contributed by atoms with E-state index < -0.39 is 5.41 Å². The Kier molecular flexibility index (Phi) is 7.92. The lowest BCUT2D eigenvalue weighted by Gasteiger charge is -2.51. The van der Waals surface area contributed by atoms with Crippen LogP contribution in [0.3, 0.4) is 0 Å². The molecule has 6 atom stereocenters. The van der Waals surface area contributed by atoms with Crippen LogP contribution < -0.4 is 4.90 Å². The van der Waals surface area contributed by atoms with Crippen molar-refractivity contribution < 1.29 is 0 Å². The number of aromatic nitrogens is 1. The molecule has 15 rings (SSSR count). The maximum absolute atomic E-state index is 2.53. The maximum atomic E-state index is 2.53. The first-order chi connectivity index (χ1) is 33.2. The molecule has 5 aliphatic carbocycles. The Morgan fingerprint density at radius 1 is 0.403 bits per heavy atom. The lowest BCUT2D eigenvalue weighted by Crippen LogP contribution is -2.47. The Balaban J connectivity index is 0.926. The molecule has 67 heavy (non-hydrogen) atoms. The smallest absolute Gasteiger partial charge is 0.0714 e. The highest BCUT2D eigenvalue weighted by molar-refractivity contribution is 6.09. The number of rotatable bonds is 8. The largest absolute Gasteiger partial charge is 0.310 e. The second kappa shape index (κ2) is 14.0. The summed E-state index contributed by atoms with van der Waals surface area (Å²) in [6.07, 6.45) is 5.77. The molecule has 2 heteroatoms. The van der Waals surface area contributed by atoms with E-state index in [0.29, 0.717) is 5.41 Å². The Morgan fingerprint density at radius 2 is 0.985 bits per heavy atom. The van der Waals surface area contributed by atoms with Crippen molar-refractivity contribution in [2.24, 2.45) is 29.6 Å². The first-order valence-corrected chi connectivity index (χ1v) is 24.6. The maximum Gasteiger partial charge on any atom is 0.0714 e. The topological polar surface area (TPSA) is 8.17 Å². The molecule has 3 unspecified atom stereocenters. The summed E-state index contributed by atoms with van der Waals surface area (Å²) in [5.41, 5.74) is 18.7. The van der Waals surface area contributed by atoms with Gasteiger partial charge in [0.05, 0.1) is 22.1 Å². The molecular weight excluding hydrogens is 809 g/mol. The van der Waals surface area contributed by atoms with E-state index in [1.807, 2.05) is 0 Å². The van der Waals surface area contributed by atoms with Crippen LogP contribution in [-0.4, -0.2) is 4.57 Å². The van der Waals surface area contributed by atoms with Gasteiger partial charge in [0.1, 0.15) is 0 Å². The standard InChI is InChI=1S/C65H50N2/c1-3-17-47(18-4-1)65(48-19-5-2-6-20-48)57-26-11-7-23-53(57)54-35-34-51(39-58(54)65)66(49-32-30-46(31-33-49)64-40-44-36-43-37-45(41-64)63(64)62(43)44)50-21-15-16-42(38-50)52-22-8-12-27-59(52)67-60-28-13-9-24-55(60)56-25-10-14-29-61(56)67/h1-35,38-39,43-45,62-63H,36-37,40-41H2/t43-,44-,45?,62?,63?,64-/m1/s1. The van der Waals surface area contributed by atoms with E-state index in [4.69, 9.17) is 0 Å². The number of fused-ring (bicyclic) bond motifs is 6. The van der Waals surface area contributed by atoms with E-state index in [1.54, 1.807) is 5.56 Å². The summed E-state index contributed by atoms with van der Waals surface area (Å²) in [4.78, 5) is 2.53. The monoisotopic (exact) mass is 858 g/mol. The summed E-state index contributed by atoms with van der Waals surface area (Å²) < 4.78 is 2.46. The van der Waals surface area contributed by atoms with Gasteiger partial charge >= 0.3 is 0 Å². The molecule has 0 saturated heterocycles. The molecule has 0 N–H and O–H groups in total. The van der Waals surface area contributed by atoms with E-state index in [2.05, 4.69) is 234 Å². The number of nitrogens with zero attached hydrogens (tertiary/aromatic N) is 2. The van der Waals surface area contributed by atoms with Gasteiger partial charge in [0.2, 0.25) is 0 Å². The average molecular weight is 859 g/mol. The third kappa shape index (κ3) is 5.11. The van der Waals surface area contributed by atoms with Gasteiger partial charge in [-0.2, -0.15) is 0 Å². The molecule has 0 amide bonds. The summed E-state index contributed by atoms with van der Waals surface area (Å²) >= 11 is 0. The van der Waals surface area contributed by atoms with Crippen LogP contribution in [0.5, 0.6) is 0 Å². The van der Waals surface area contributed by atoms with Gasteiger partial charge in [-0.25, -0.2) is 0 Å². The van der Waals surface area contributed by atoms with Crippen LogP contribution in [0.4, 0.5) is 17.1 Å². The van der Waals surface area contributed by atoms with Crippen molar-refractivity contribution >= 4 is 38.9 Å². The first kappa shape index (κ1) is 37.8. The fourth-order valence-corrected chi connectivity index (χ4v) is 15.3. The van der Waals surface area contributed by atoms with Crippen LogP contribution >= 0.6 is 0 Å². The van der Waals surface area contributed by atoms with Gasteiger partial charge in [-0.05, 0) is 160 Å². The predicted octanol–water partition coefficient (Wildman–Crippen LogP) is 16.2. The summed E-state index contributed by atoms with van der Waals surface area (Å²) in [5, 5.41) is 2.54. The predicted molar refractivity (Wildman–Crippen MR) is 276 cm³/mol. The van der Waals surface area contributed by atoms with E-state index in [-0.39, 0.29) is 0 Å².